The van der Waals surface area contributed by atoms with Gasteiger partial charge in [-0.05, 0) is 31.8 Å². The molecule has 1 aliphatic rings. The minimum Gasteiger partial charge on any atom is -0.316 e. The van der Waals surface area contributed by atoms with Crippen molar-refractivity contribution >= 4 is 34.8 Å². The van der Waals surface area contributed by atoms with Crippen molar-refractivity contribution in [2.24, 2.45) is 5.92 Å². The molecule has 4 nitrogen and oxygen atoms in total. The van der Waals surface area contributed by atoms with Crippen LogP contribution in [-0.2, 0) is 10.8 Å². The fourth-order valence-corrected chi connectivity index (χ4v) is 3.07. The normalized spacial score (nSPS) is 21.6. The molecule has 2 unspecified atom stereocenters. The number of nitrogens with zero attached hydrogens (tertiary/aromatic N) is 2. The van der Waals surface area contributed by atoms with E-state index in [4.69, 9.17) is 11.6 Å². The Kier molecular flexibility index (Phi) is 6.33. The van der Waals surface area contributed by atoms with Crippen molar-refractivity contribution in [3.8, 4) is 0 Å². The topological polar surface area (TPSA) is 54.9 Å². The SMILES string of the molecule is Cl.O=S(CC1CCCNC1)c1ncc(Cl)cn1. The van der Waals surface area contributed by atoms with Gasteiger partial charge in [0.05, 0.1) is 28.2 Å². The van der Waals surface area contributed by atoms with Gasteiger partial charge in [0.15, 0.2) is 0 Å². The first-order valence-corrected chi connectivity index (χ1v) is 7.02. The van der Waals surface area contributed by atoms with Crippen LogP contribution in [0.15, 0.2) is 17.6 Å². The molecule has 2 atom stereocenters. The number of hydrogen-bond donors (Lipinski definition) is 1. The Balaban J connectivity index is 0.00000144. The van der Waals surface area contributed by atoms with Crippen LogP contribution in [0.4, 0.5) is 0 Å². The van der Waals surface area contributed by atoms with Crippen LogP contribution in [0.25, 0.3) is 0 Å². The molecule has 0 saturated carbocycles. The lowest BCUT2D eigenvalue weighted by Gasteiger charge is -2.21. The van der Waals surface area contributed by atoms with Crippen LogP contribution in [0.2, 0.25) is 5.02 Å². The Hall–Kier alpha value is -0.230. The molecule has 1 fully saturated rings. The molecule has 0 aliphatic carbocycles. The second-order valence-corrected chi connectivity index (χ2v) is 5.73. The first-order valence-electron chi connectivity index (χ1n) is 5.32. The molecule has 96 valence electrons. The Morgan fingerprint density at radius 2 is 2.18 bits per heavy atom. The molecule has 2 rings (SSSR count). The summed E-state index contributed by atoms with van der Waals surface area (Å²) in [5, 5.41) is 4.16. The highest BCUT2D eigenvalue weighted by atomic mass is 35.5. The summed E-state index contributed by atoms with van der Waals surface area (Å²) in [6.45, 7) is 2.01. The first-order chi connectivity index (χ1) is 7.75. The summed E-state index contributed by atoms with van der Waals surface area (Å²) in [6, 6.07) is 0. The molecule has 1 aromatic rings. The number of halogens is 2. The molecule has 0 spiro atoms. The zero-order chi connectivity index (χ0) is 11.4. The van der Waals surface area contributed by atoms with Crippen LogP contribution in [0, 0.1) is 5.92 Å². The molecule has 7 heteroatoms. The number of rotatable bonds is 3. The summed E-state index contributed by atoms with van der Waals surface area (Å²) in [7, 11) is -1.11. The van der Waals surface area contributed by atoms with Gasteiger partial charge in [0.25, 0.3) is 0 Å². The minimum atomic E-state index is -1.11. The van der Waals surface area contributed by atoms with E-state index in [-0.39, 0.29) is 12.4 Å². The van der Waals surface area contributed by atoms with Crippen molar-refractivity contribution in [3.05, 3.63) is 17.4 Å². The zero-order valence-electron chi connectivity index (χ0n) is 9.26. The molecule has 0 aromatic carbocycles. The lowest BCUT2D eigenvalue weighted by Crippen LogP contribution is -2.32. The van der Waals surface area contributed by atoms with Gasteiger partial charge in [-0.25, -0.2) is 9.97 Å². The fraction of sp³-hybridized carbons (Fsp3) is 0.600. The maximum Gasteiger partial charge on any atom is 0.218 e. The van der Waals surface area contributed by atoms with Crippen LogP contribution < -0.4 is 5.32 Å². The van der Waals surface area contributed by atoms with E-state index in [2.05, 4.69) is 15.3 Å². The van der Waals surface area contributed by atoms with E-state index in [1.807, 2.05) is 0 Å². The number of aromatic nitrogens is 2. The van der Waals surface area contributed by atoms with E-state index >= 15 is 0 Å². The van der Waals surface area contributed by atoms with Gasteiger partial charge >= 0.3 is 0 Å². The van der Waals surface area contributed by atoms with Gasteiger partial charge in [-0.2, -0.15) is 0 Å². The number of piperidine rings is 1. The summed E-state index contributed by atoms with van der Waals surface area (Å²) in [6.07, 6.45) is 5.26. The third-order valence-electron chi connectivity index (χ3n) is 2.59. The molecule has 1 N–H and O–H groups in total. The van der Waals surface area contributed by atoms with E-state index in [0.717, 1.165) is 25.9 Å². The molecule has 0 bridgehead atoms. The Morgan fingerprint density at radius 1 is 1.47 bits per heavy atom. The highest BCUT2D eigenvalue weighted by Gasteiger charge is 2.18. The summed E-state index contributed by atoms with van der Waals surface area (Å²) in [5.74, 6) is 1.10. The maximum atomic E-state index is 11.9. The quantitative estimate of drug-likeness (QED) is 0.862. The molecule has 1 aliphatic heterocycles. The first kappa shape index (κ1) is 14.8. The Bertz CT molecular complexity index is 368. The third-order valence-corrected chi connectivity index (χ3v) is 4.17. The van der Waals surface area contributed by atoms with Crippen LogP contribution >= 0.6 is 24.0 Å². The van der Waals surface area contributed by atoms with Crippen molar-refractivity contribution in [1.29, 1.82) is 0 Å². The summed E-state index contributed by atoms with van der Waals surface area (Å²) in [5.41, 5.74) is 0. The van der Waals surface area contributed by atoms with Gasteiger partial charge in [0, 0.05) is 5.75 Å². The molecule has 0 amide bonds. The lowest BCUT2D eigenvalue weighted by molar-refractivity contribution is 0.407. The smallest absolute Gasteiger partial charge is 0.218 e. The van der Waals surface area contributed by atoms with Gasteiger partial charge in [0.1, 0.15) is 0 Å². The largest absolute Gasteiger partial charge is 0.316 e. The third kappa shape index (κ3) is 4.50. The van der Waals surface area contributed by atoms with Crippen molar-refractivity contribution in [3.63, 3.8) is 0 Å². The molecule has 1 aromatic heterocycles. The van der Waals surface area contributed by atoms with Crippen LogP contribution in [0.5, 0.6) is 0 Å². The van der Waals surface area contributed by atoms with Crippen molar-refractivity contribution in [1.82, 2.24) is 15.3 Å². The monoisotopic (exact) mass is 295 g/mol. The van der Waals surface area contributed by atoms with Gasteiger partial charge < -0.3 is 5.32 Å². The van der Waals surface area contributed by atoms with Gasteiger partial charge in [-0.1, -0.05) is 11.6 Å². The van der Waals surface area contributed by atoms with E-state index < -0.39 is 10.8 Å². The van der Waals surface area contributed by atoms with E-state index in [1.54, 1.807) is 0 Å². The highest BCUT2D eigenvalue weighted by Crippen LogP contribution is 2.14. The highest BCUT2D eigenvalue weighted by molar-refractivity contribution is 7.84. The maximum absolute atomic E-state index is 11.9. The molecule has 0 radical (unpaired) electrons. The Labute approximate surface area is 114 Å². The molecule has 17 heavy (non-hydrogen) atoms. The lowest BCUT2D eigenvalue weighted by atomic mass is 10.0. The molecule has 1 saturated heterocycles. The van der Waals surface area contributed by atoms with Gasteiger partial charge in [-0.3, -0.25) is 4.21 Å². The van der Waals surface area contributed by atoms with Crippen molar-refractivity contribution in [2.75, 3.05) is 18.8 Å². The standard InChI is InChI=1S/C10H14ClN3OS.ClH/c11-9-5-13-10(14-6-9)16(15)7-8-2-1-3-12-4-8;/h5-6,8,12H,1-4,7H2;1H. The average molecular weight is 296 g/mol. The predicted octanol–water partition coefficient (Wildman–Crippen LogP) is 1.66. The molecular weight excluding hydrogens is 281 g/mol. The Morgan fingerprint density at radius 3 is 2.76 bits per heavy atom. The second-order valence-electron chi connectivity index (χ2n) is 3.91. The number of nitrogens with one attached hydrogen (secondary N) is 1. The zero-order valence-corrected chi connectivity index (χ0v) is 11.7. The van der Waals surface area contributed by atoms with Gasteiger partial charge in [-0.15, -0.1) is 12.4 Å². The second kappa shape index (κ2) is 7.26. The van der Waals surface area contributed by atoms with Crippen molar-refractivity contribution in [2.45, 2.75) is 18.0 Å². The summed E-state index contributed by atoms with van der Waals surface area (Å²) in [4.78, 5) is 7.96. The van der Waals surface area contributed by atoms with Crippen LogP contribution in [0.3, 0.4) is 0 Å². The minimum absolute atomic E-state index is 0. The van der Waals surface area contributed by atoms with Gasteiger partial charge in [0.2, 0.25) is 5.16 Å². The van der Waals surface area contributed by atoms with E-state index in [0.29, 0.717) is 21.8 Å². The van der Waals surface area contributed by atoms with Crippen molar-refractivity contribution < 1.29 is 4.21 Å². The number of hydrogen-bond acceptors (Lipinski definition) is 4. The van der Waals surface area contributed by atoms with Crippen LogP contribution in [-0.4, -0.2) is 33.0 Å². The predicted molar refractivity (Wildman–Crippen MR) is 71.2 cm³/mol. The summed E-state index contributed by atoms with van der Waals surface area (Å²) >= 11 is 5.67. The molecule has 2 heterocycles. The van der Waals surface area contributed by atoms with Crippen LogP contribution in [0.1, 0.15) is 12.8 Å². The fourth-order valence-electron chi connectivity index (χ4n) is 1.77. The average Bonchev–Trinajstić information content (AvgIpc) is 2.31. The summed E-state index contributed by atoms with van der Waals surface area (Å²) < 4.78 is 11.9. The van der Waals surface area contributed by atoms with E-state index in [9.17, 15) is 4.21 Å². The van der Waals surface area contributed by atoms with E-state index in [1.165, 1.54) is 12.4 Å². The molecular formula is C10H15Cl2N3OS.